The van der Waals surface area contributed by atoms with Crippen molar-refractivity contribution in [3.05, 3.63) is 28.3 Å². The molecule has 1 unspecified atom stereocenters. The van der Waals surface area contributed by atoms with Crippen molar-refractivity contribution >= 4 is 11.4 Å². The summed E-state index contributed by atoms with van der Waals surface area (Å²) in [5.74, 6) is 0.495. The zero-order chi connectivity index (χ0) is 15.8. The minimum absolute atomic E-state index is 0.0170. The van der Waals surface area contributed by atoms with E-state index in [0.29, 0.717) is 18.0 Å². The van der Waals surface area contributed by atoms with Gasteiger partial charge in [-0.15, -0.1) is 0 Å². The van der Waals surface area contributed by atoms with Gasteiger partial charge in [0.1, 0.15) is 5.75 Å². The number of non-ortho nitro benzene ring substituents is 1. The number of hydrogen-bond donors (Lipinski definition) is 1. The van der Waals surface area contributed by atoms with E-state index < -0.39 is 4.92 Å². The quantitative estimate of drug-likeness (QED) is 0.556. The van der Waals surface area contributed by atoms with Crippen LogP contribution in [-0.2, 0) is 4.74 Å². The molecule has 0 fully saturated rings. The minimum atomic E-state index is -0.413. The number of benzene rings is 1. The normalized spacial score (nSPS) is 12.2. The molecule has 0 spiro atoms. The highest BCUT2D eigenvalue weighted by Crippen LogP contribution is 2.27. The molecule has 0 aliphatic rings. The van der Waals surface area contributed by atoms with E-state index in [1.807, 2.05) is 13.8 Å². The Balaban J connectivity index is 2.97. The van der Waals surface area contributed by atoms with Crippen molar-refractivity contribution in [1.82, 2.24) is 0 Å². The Morgan fingerprint density at radius 1 is 1.33 bits per heavy atom. The fourth-order valence-corrected chi connectivity index (χ4v) is 2.09. The lowest BCUT2D eigenvalue weighted by atomic mass is 10.1. The average molecular weight is 296 g/mol. The third-order valence-electron chi connectivity index (χ3n) is 2.85. The zero-order valence-electron chi connectivity index (χ0n) is 13.1. The molecule has 0 heterocycles. The molecule has 0 aromatic heterocycles. The summed E-state index contributed by atoms with van der Waals surface area (Å²) in [5.41, 5.74) is 0.693. The van der Waals surface area contributed by atoms with E-state index in [2.05, 4.69) is 12.2 Å². The second-order valence-electron chi connectivity index (χ2n) is 5.22. The first-order chi connectivity index (χ1) is 9.96. The van der Waals surface area contributed by atoms with Crippen LogP contribution in [0.25, 0.3) is 0 Å². The number of anilines is 1. The van der Waals surface area contributed by atoms with Gasteiger partial charge in [0.25, 0.3) is 5.69 Å². The van der Waals surface area contributed by atoms with E-state index in [9.17, 15) is 10.1 Å². The van der Waals surface area contributed by atoms with Gasteiger partial charge in [0.05, 0.1) is 23.7 Å². The van der Waals surface area contributed by atoms with E-state index in [1.165, 1.54) is 12.1 Å². The van der Waals surface area contributed by atoms with Gasteiger partial charge in [-0.1, -0.05) is 13.3 Å². The predicted molar refractivity (Wildman–Crippen MR) is 83.1 cm³/mol. The van der Waals surface area contributed by atoms with Crippen molar-refractivity contribution in [3.8, 4) is 5.75 Å². The SMILES string of the molecule is CCCC(COC)Nc1cc(OC(C)C)cc([N+](=O)[O-])c1. The smallest absolute Gasteiger partial charge is 0.275 e. The summed E-state index contributed by atoms with van der Waals surface area (Å²) in [7, 11) is 1.64. The fourth-order valence-electron chi connectivity index (χ4n) is 2.09. The van der Waals surface area contributed by atoms with Crippen LogP contribution in [0.3, 0.4) is 0 Å². The first-order valence-corrected chi connectivity index (χ1v) is 7.17. The highest BCUT2D eigenvalue weighted by Gasteiger charge is 2.14. The van der Waals surface area contributed by atoms with Gasteiger partial charge in [-0.25, -0.2) is 0 Å². The van der Waals surface area contributed by atoms with Crippen LogP contribution in [0.4, 0.5) is 11.4 Å². The number of rotatable bonds is 9. The molecule has 1 aromatic carbocycles. The molecule has 0 aliphatic carbocycles. The molecule has 118 valence electrons. The number of nitro groups is 1. The standard InChI is InChI=1S/C15H24N2O4/c1-5-6-12(10-20-4)16-13-7-14(17(18)19)9-15(8-13)21-11(2)3/h7-9,11-12,16H,5-6,10H2,1-4H3. The zero-order valence-corrected chi connectivity index (χ0v) is 13.1. The van der Waals surface area contributed by atoms with Crippen LogP contribution in [0, 0.1) is 10.1 Å². The Kier molecular flexibility index (Phi) is 6.94. The number of nitro benzene ring substituents is 1. The van der Waals surface area contributed by atoms with Gasteiger partial charge < -0.3 is 14.8 Å². The summed E-state index contributed by atoms with van der Waals surface area (Å²) in [6.45, 7) is 6.41. The summed E-state index contributed by atoms with van der Waals surface area (Å²) in [4.78, 5) is 10.6. The van der Waals surface area contributed by atoms with E-state index in [1.54, 1.807) is 13.2 Å². The predicted octanol–water partition coefficient (Wildman–Crippen LogP) is 3.61. The first kappa shape index (κ1) is 17.2. The Morgan fingerprint density at radius 3 is 2.57 bits per heavy atom. The van der Waals surface area contributed by atoms with Gasteiger partial charge in [0.15, 0.2) is 0 Å². The molecular weight excluding hydrogens is 272 g/mol. The summed E-state index contributed by atoms with van der Waals surface area (Å²) in [5, 5.41) is 14.3. The van der Waals surface area contributed by atoms with Crippen LogP contribution in [0.5, 0.6) is 5.75 Å². The lowest BCUT2D eigenvalue weighted by Crippen LogP contribution is -2.24. The molecule has 0 saturated carbocycles. The number of nitrogens with zero attached hydrogens (tertiary/aromatic N) is 1. The number of methoxy groups -OCH3 is 1. The molecule has 0 amide bonds. The Bertz CT molecular complexity index is 457. The molecular formula is C15H24N2O4. The van der Waals surface area contributed by atoms with Gasteiger partial charge in [-0.2, -0.15) is 0 Å². The molecule has 0 radical (unpaired) electrons. The van der Waals surface area contributed by atoms with E-state index in [-0.39, 0.29) is 17.8 Å². The maximum Gasteiger partial charge on any atom is 0.275 e. The van der Waals surface area contributed by atoms with Crippen LogP contribution in [0.1, 0.15) is 33.6 Å². The Labute approximate surface area is 125 Å². The van der Waals surface area contributed by atoms with Crippen LogP contribution in [0.15, 0.2) is 18.2 Å². The van der Waals surface area contributed by atoms with Crippen LogP contribution in [-0.4, -0.2) is 30.8 Å². The number of hydrogen-bond acceptors (Lipinski definition) is 5. The number of nitrogens with one attached hydrogen (secondary N) is 1. The van der Waals surface area contributed by atoms with Gasteiger partial charge in [0.2, 0.25) is 0 Å². The number of ether oxygens (including phenoxy) is 2. The molecule has 1 rings (SSSR count). The van der Waals surface area contributed by atoms with Crippen molar-refractivity contribution in [2.75, 3.05) is 19.0 Å². The highest BCUT2D eigenvalue weighted by atomic mass is 16.6. The largest absolute Gasteiger partial charge is 0.491 e. The third-order valence-corrected chi connectivity index (χ3v) is 2.85. The fraction of sp³-hybridized carbons (Fsp3) is 0.600. The summed E-state index contributed by atoms with van der Waals surface area (Å²) in [6.07, 6.45) is 1.90. The van der Waals surface area contributed by atoms with Crippen molar-refractivity contribution in [2.45, 2.75) is 45.8 Å². The highest BCUT2D eigenvalue weighted by molar-refractivity contribution is 5.56. The maximum atomic E-state index is 11.0. The monoisotopic (exact) mass is 296 g/mol. The summed E-state index contributed by atoms with van der Waals surface area (Å²) < 4.78 is 10.7. The molecule has 6 heteroatoms. The third kappa shape index (κ3) is 5.99. The Morgan fingerprint density at radius 2 is 2.05 bits per heavy atom. The maximum absolute atomic E-state index is 11.0. The van der Waals surface area contributed by atoms with E-state index in [4.69, 9.17) is 9.47 Å². The van der Waals surface area contributed by atoms with Gasteiger partial charge in [-0.05, 0) is 20.3 Å². The molecule has 0 saturated heterocycles. The van der Waals surface area contributed by atoms with Crippen LogP contribution >= 0.6 is 0 Å². The summed E-state index contributed by atoms with van der Waals surface area (Å²) >= 11 is 0. The average Bonchev–Trinajstić information content (AvgIpc) is 2.38. The van der Waals surface area contributed by atoms with Crippen molar-refractivity contribution in [2.24, 2.45) is 0 Å². The lowest BCUT2D eigenvalue weighted by molar-refractivity contribution is -0.384. The Hall–Kier alpha value is -1.82. The molecule has 1 N–H and O–H groups in total. The molecule has 0 aliphatic heterocycles. The van der Waals surface area contributed by atoms with Crippen LogP contribution in [0.2, 0.25) is 0 Å². The topological polar surface area (TPSA) is 73.6 Å². The summed E-state index contributed by atoms with van der Waals surface area (Å²) in [6, 6.07) is 4.86. The lowest BCUT2D eigenvalue weighted by Gasteiger charge is -2.19. The molecule has 21 heavy (non-hydrogen) atoms. The van der Waals surface area contributed by atoms with E-state index >= 15 is 0 Å². The second-order valence-corrected chi connectivity index (χ2v) is 5.22. The second kappa shape index (κ2) is 8.46. The van der Waals surface area contributed by atoms with Crippen LogP contribution < -0.4 is 10.1 Å². The van der Waals surface area contributed by atoms with E-state index in [0.717, 1.165) is 12.8 Å². The van der Waals surface area contributed by atoms with Crippen molar-refractivity contribution < 1.29 is 14.4 Å². The molecule has 1 atom stereocenters. The van der Waals surface area contributed by atoms with Gasteiger partial charge >= 0.3 is 0 Å². The molecule has 0 bridgehead atoms. The van der Waals surface area contributed by atoms with Crippen molar-refractivity contribution in [3.63, 3.8) is 0 Å². The first-order valence-electron chi connectivity index (χ1n) is 7.17. The van der Waals surface area contributed by atoms with Crippen molar-refractivity contribution in [1.29, 1.82) is 0 Å². The molecule has 6 nitrogen and oxygen atoms in total. The van der Waals surface area contributed by atoms with Gasteiger partial charge in [-0.3, -0.25) is 10.1 Å². The minimum Gasteiger partial charge on any atom is -0.491 e. The van der Waals surface area contributed by atoms with Gasteiger partial charge in [0, 0.05) is 31.0 Å². The molecule has 1 aromatic rings.